The average Bonchev–Trinajstić information content (AvgIpc) is 2.91. The van der Waals surface area contributed by atoms with Gasteiger partial charge in [-0.2, -0.15) is 0 Å². The van der Waals surface area contributed by atoms with Crippen molar-refractivity contribution >= 4 is 17.4 Å². The number of nitro groups is 1. The number of benzene rings is 1. The Kier molecular flexibility index (Phi) is 5.76. The van der Waals surface area contributed by atoms with Crippen LogP contribution in [0.5, 0.6) is 5.75 Å². The smallest absolute Gasteiger partial charge is 0.311 e. The molecular weight excluding hydrogens is 304 g/mol. The van der Waals surface area contributed by atoms with Crippen LogP contribution in [0.15, 0.2) is 23.4 Å². The molecule has 118 valence electrons. The Morgan fingerprint density at radius 2 is 2.27 bits per heavy atom. The Morgan fingerprint density at radius 3 is 2.91 bits per heavy atom. The molecule has 0 bridgehead atoms. The van der Waals surface area contributed by atoms with E-state index in [1.807, 2.05) is 19.9 Å². The van der Waals surface area contributed by atoms with Crippen molar-refractivity contribution in [2.75, 3.05) is 6.61 Å². The molecule has 0 saturated carbocycles. The first-order valence-corrected chi connectivity index (χ1v) is 8.00. The minimum atomic E-state index is -0.410. The number of H-pyrrole nitrogens is 1. The maximum Gasteiger partial charge on any atom is 0.311 e. The van der Waals surface area contributed by atoms with Gasteiger partial charge in [0, 0.05) is 11.8 Å². The standard InChI is InChI=1S/C14H18N4O3S/c1-3-4-7-21-13-6-5-11(8-12(13)18(19)20)9-22-14-15-10(2)16-17-14/h5-6,8H,3-4,7,9H2,1-2H3,(H,15,16,17). The zero-order valence-corrected chi connectivity index (χ0v) is 13.4. The van der Waals surface area contributed by atoms with Crippen molar-refractivity contribution in [2.24, 2.45) is 0 Å². The first kappa shape index (κ1) is 16.3. The molecular formula is C14H18N4O3S. The second kappa shape index (κ2) is 7.79. The van der Waals surface area contributed by atoms with Crippen molar-refractivity contribution < 1.29 is 9.66 Å². The number of aromatic amines is 1. The summed E-state index contributed by atoms with van der Waals surface area (Å²) in [6, 6.07) is 5.04. The van der Waals surface area contributed by atoms with Crippen LogP contribution in [0.1, 0.15) is 31.2 Å². The lowest BCUT2D eigenvalue weighted by atomic mass is 10.2. The van der Waals surface area contributed by atoms with Gasteiger partial charge in [-0.3, -0.25) is 15.2 Å². The zero-order valence-electron chi connectivity index (χ0n) is 12.5. The van der Waals surface area contributed by atoms with Gasteiger partial charge < -0.3 is 4.74 Å². The highest BCUT2D eigenvalue weighted by Crippen LogP contribution is 2.30. The summed E-state index contributed by atoms with van der Waals surface area (Å²) in [6.07, 6.45) is 1.86. The number of aromatic nitrogens is 3. The maximum atomic E-state index is 11.2. The number of rotatable bonds is 8. The number of nitrogens with one attached hydrogen (secondary N) is 1. The molecule has 7 nitrogen and oxygen atoms in total. The average molecular weight is 322 g/mol. The maximum absolute atomic E-state index is 11.2. The highest BCUT2D eigenvalue weighted by atomic mass is 32.2. The fraction of sp³-hybridized carbons (Fsp3) is 0.429. The molecule has 22 heavy (non-hydrogen) atoms. The van der Waals surface area contributed by atoms with E-state index in [-0.39, 0.29) is 5.69 Å². The Hall–Kier alpha value is -2.09. The molecule has 0 aliphatic carbocycles. The predicted molar refractivity (Wildman–Crippen MR) is 84.2 cm³/mol. The molecule has 1 aromatic heterocycles. The molecule has 0 atom stereocenters. The zero-order chi connectivity index (χ0) is 15.9. The number of hydrogen-bond acceptors (Lipinski definition) is 6. The van der Waals surface area contributed by atoms with Gasteiger partial charge in [-0.25, -0.2) is 4.98 Å². The summed E-state index contributed by atoms with van der Waals surface area (Å²) in [5, 5.41) is 18.6. The first-order chi connectivity index (χ1) is 10.6. The van der Waals surface area contributed by atoms with E-state index in [1.54, 1.807) is 12.1 Å². The summed E-state index contributed by atoms with van der Waals surface area (Å²) < 4.78 is 5.48. The lowest BCUT2D eigenvalue weighted by molar-refractivity contribution is -0.385. The van der Waals surface area contributed by atoms with Gasteiger partial charge in [0.05, 0.1) is 11.5 Å². The van der Waals surface area contributed by atoms with Crippen LogP contribution in [0.4, 0.5) is 5.69 Å². The van der Waals surface area contributed by atoms with E-state index < -0.39 is 4.92 Å². The molecule has 2 rings (SSSR count). The van der Waals surface area contributed by atoms with Gasteiger partial charge in [0.25, 0.3) is 0 Å². The fourth-order valence-electron chi connectivity index (χ4n) is 1.78. The quantitative estimate of drug-likeness (QED) is 0.346. The second-order valence-electron chi connectivity index (χ2n) is 4.75. The van der Waals surface area contributed by atoms with Gasteiger partial charge in [-0.1, -0.05) is 31.2 Å². The molecule has 0 radical (unpaired) electrons. The molecule has 0 unspecified atom stereocenters. The topological polar surface area (TPSA) is 93.9 Å². The summed E-state index contributed by atoms with van der Waals surface area (Å²) in [5.74, 6) is 1.63. The van der Waals surface area contributed by atoms with Crippen LogP contribution in [0.2, 0.25) is 0 Å². The van der Waals surface area contributed by atoms with Crippen LogP contribution < -0.4 is 4.74 Å². The predicted octanol–water partition coefficient (Wildman–Crippen LogP) is 3.49. The summed E-state index contributed by atoms with van der Waals surface area (Å²) in [4.78, 5) is 15.0. The van der Waals surface area contributed by atoms with Crippen LogP contribution in [-0.4, -0.2) is 26.7 Å². The third-order valence-electron chi connectivity index (χ3n) is 2.92. The molecule has 1 heterocycles. The van der Waals surface area contributed by atoms with Crippen molar-refractivity contribution in [3.8, 4) is 5.75 Å². The molecule has 1 aromatic carbocycles. The summed E-state index contributed by atoms with van der Waals surface area (Å²) >= 11 is 1.43. The first-order valence-electron chi connectivity index (χ1n) is 7.02. The van der Waals surface area contributed by atoms with E-state index in [0.29, 0.717) is 23.3 Å². The van der Waals surface area contributed by atoms with E-state index in [0.717, 1.165) is 24.2 Å². The molecule has 0 aliphatic rings. The summed E-state index contributed by atoms with van der Waals surface area (Å²) in [5.41, 5.74) is 0.836. The van der Waals surface area contributed by atoms with Gasteiger partial charge in [-0.05, 0) is 25.0 Å². The van der Waals surface area contributed by atoms with Crippen molar-refractivity contribution in [1.29, 1.82) is 0 Å². The number of nitrogens with zero attached hydrogens (tertiary/aromatic N) is 3. The van der Waals surface area contributed by atoms with Crippen molar-refractivity contribution in [1.82, 2.24) is 15.2 Å². The Bertz CT molecular complexity index is 645. The lowest BCUT2D eigenvalue weighted by Gasteiger charge is -2.07. The molecule has 0 fully saturated rings. The number of nitro benzene ring substituents is 1. The van der Waals surface area contributed by atoms with Gasteiger partial charge in [0.2, 0.25) is 5.16 Å². The normalized spacial score (nSPS) is 10.6. The lowest BCUT2D eigenvalue weighted by Crippen LogP contribution is -2.01. The van der Waals surface area contributed by atoms with Gasteiger partial charge in [-0.15, -0.1) is 5.10 Å². The van der Waals surface area contributed by atoms with E-state index in [4.69, 9.17) is 4.74 Å². The van der Waals surface area contributed by atoms with Crippen LogP contribution in [0, 0.1) is 17.0 Å². The molecule has 2 aromatic rings. The molecule has 0 amide bonds. The van der Waals surface area contributed by atoms with Crippen LogP contribution in [0.25, 0.3) is 0 Å². The van der Waals surface area contributed by atoms with Crippen LogP contribution in [0.3, 0.4) is 0 Å². The fourth-order valence-corrected chi connectivity index (χ4v) is 2.57. The monoisotopic (exact) mass is 322 g/mol. The number of aryl methyl sites for hydroxylation is 1. The van der Waals surface area contributed by atoms with Gasteiger partial charge in [0.15, 0.2) is 5.75 Å². The van der Waals surface area contributed by atoms with E-state index in [2.05, 4.69) is 15.2 Å². The number of unbranched alkanes of at least 4 members (excludes halogenated alkanes) is 1. The number of ether oxygens (including phenoxy) is 1. The third-order valence-corrected chi connectivity index (χ3v) is 3.84. The SMILES string of the molecule is CCCCOc1ccc(CSc2n[nH]c(C)n2)cc1[N+](=O)[O-]. The van der Waals surface area contributed by atoms with Crippen LogP contribution >= 0.6 is 11.8 Å². The highest BCUT2D eigenvalue weighted by Gasteiger charge is 2.16. The molecule has 1 N–H and O–H groups in total. The molecule has 8 heteroatoms. The van der Waals surface area contributed by atoms with Crippen molar-refractivity contribution in [3.63, 3.8) is 0 Å². The third kappa shape index (κ3) is 4.45. The van der Waals surface area contributed by atoms with Crippen LogP contribution in [-0.2, 0) is 5.75 Å². The van der Waals surface area contributed by atoms with Crippen molar-refractivity contribution in [2.45, 2.75) is 37.6 Å². The minimum Gasteiger partial charge on any atom is -0.487 e. The Morgan fingerprint density at radius 1 is 1.45 bits per heavy atom. The minimum absolute atomic E-state index is 0.000343. The largest absolute Gasteiger partial charge is 0.487 e. The summed E-state index contributed by atoms with van der Waals surface area (Å²) in [7, 11) is 0. The highest BCUT2D eigenvalue weighted by molar-refractivity contribution is 7.98. The molecule has 0 saturated heterocycles. The van der Waals surface area contributed by atoms with E-state index >= 15 is 0 Å². The van der Waals surface area contributed by atoms with Gasteiger partial charge >= 0.3 is 5.69 Å². The second-order valence-corrected chi connectivity index (χ2v) is 5.70. The van der Waals surface area contributed by atoms with E-state index in [1.165, 1.54) is 11.8 Å². The number of hydrogen-bond donors (Lipinski definition) is 1. The Balaban J connectivity index is 2.06. The van der Waals surface area contributed by atoms with Crippen molar-refractivity contribution in [3.05, 3.63) is 39.7 Å². The number of thioether (sulfide) groups is 1. The molecule has 0 aliphatic heterocycles. The Labute approximate surface area is 132 Å². The molecule has 0 spiro atoms. The van der Waals surface area contributed by atoms with E-state index in [9.17, 15) is 10.1 Å². The summed E-state index contributed by atoms with van der Waals surface area (Å²) in [6.45, 7) is 4.36. The van der Waals surface area contributed by atoms with Gasteiger partial charge in [0.1, 0.15) is 5.82 Å².